The molecule has 7 atom stereocenters. The van der Waals surface area contributed by atoms with Crippen molar-refractivity contribution in [3.63, 3.8) is 0 Å². The first-order chi connectivity index (χ1) is 12.7. The SMILES string of the molecule is C=C1CCC[C@@]2(C)C[C@@H]3OC(=O)[C@@H](C[NH+]4CC[C@@H](C)CC(C)(C)C4)[C@H]3C[C@H]12. The molecule has 4 fully saturated rings. The number of ether oxygens (including phenoxy) is 1. The van der Waals surface area contributed by atoms with Gasteiger partial charge in [0.15, 0.2) is 0 Å². The van der Waals surface area contributed by atoms with E-state index in [1.54, 1.807) is 4.90 Å². The Hall–Kier alpha value is -0.830. The maximum Gasteiger partial charge on any atom is 0.315 e. The van der Waals surface area contributed by atoms with Crippen molar-refractivity contribution in [2.75, 3.05) is 19.6 Å². The van der Waals surface area contributed by atoms with E-state index in [1.807, 2.05) is 0 Å². The number of allylic oxidation sites excluding steroid dienone is 1. The Morgan fingerprint density at radius 3 is 2.81 bits per heavy atom. The summed E-state index contributed by atoms with van der Waals surface area (Å²) >= 11 is 0. The van der Waals surface area contributed by atoms with E-state index in [1.165, 1.54) is 50.8 Å². The molecule has 3 nitrogen and oxygen atoms in total. The van der Waals surface area contributed by atoms with Crippen LogP contribution in [0.4, 0.5) is 0 Å². The molecular weight excluding hydrogens is 334 g/mol. The number of likely N-dealkylation sites (tertiary alicyclic amines) is 1. The summed E-state index contributed by atoms with van der Waals surface area (Å²) in [6, 6.07) is 0. The zero-order valence-electron chi connectivity index (χ0n) is 18.0. The van der Waals surface area contributed by atoms with Crippen LogP contribution < -0.4 is 4.90 Å². The fourth-order valence-electron chi connectivity index (χ4n) is 7.31. The van der Waals surface area contributed by atoms with E-state index >= 15 is 0 Å². The second-order valence-electron chi connectivity index (χ2n) is 11.5. The lowest BCUT2D eigenvalue weighted by Crippen LogP contribution is -3.13. The Morgan fingerprint density at radius 2 is 2.04 bits per heavy atom. The number of fused-ring (bicyclic) bond motifs is 2. The molecule has 0 aromatic carbocycles. The van der Waals surface area contributed by atoms with Crippen molar-refractivity contribution in [2.45, 2.75) is 78.7 Å². The number of esters is 1. The monoisotopic (exact) mass is 374 g/mol. The normalized spacial score (nSPS) is 47.0. The van der Waals surface area contributed by atoms with Crippen molar-refractivity contribution in [1.29, 1.82) is 0 Å². The molecule has 0 radical (unpaired) electrons. The Balaban J connectivity index is 1.49. The van der Waals surface area contributed by atoms with Gasteiger partial charge in [0.25, 0.3) is 0 Å². The van der Waals surface area contributed by atoms with Gasteiger partial charge in [0.2, 0.25) is 0 Å². The van der Waals surface area contributed by atoms with Gasteiger partial charge in [0, 0.05) is 11.3 Å². The van der Waals surface area contributed by atoms with E-state index in [9.17, 15) is 4.79 Å². The Morgan fingerprint density at radius 1 is 1.26 bits per heavy atom. The molecule has 0 spiro atoms. The number of carbonyl (C=O) groups excluding carboxylic acids is 1. The van der Waals surface area contributed by atoms with Crippen molar-refractivity contribution in [2.24, 2.45) is 34.5 Å². The van der Waals surface area contributed by atoms with Gasteiger partial charge in [-0.3, -0.25) is 4.79 Å². The number of carbonyl (C=O) groups is 1. The maximum absolute atomic E-state index is 12.9. The fourth-order valence-corrected chi connectivity index (χ4v) is 7.31. The van der Waals surface area contributed by atoms with Gasteiger partial charge in [-0.25, -0.2) is 0 Å². The molecule has 0 amide bonds. The van der Waals surface area contributed by atoms with Crippen LogP contribution in [0, 0.1) is 34.5 Å². The highest BCUT2D eigenvalue weighted by molar-refractivity contribution is 5.75. The lowest BCUT2D eigenvalue weighted by molar-refractivity contribution is -0.907. The Bertz CT molecular complexity index is 612. The highest BCUT2D eigenvalue weighted by Crippen LogP contribution is 2.56. The topological polar surface area (TPSA) is 30.7 Å². The van der Waals surface area contributed by atoms with Crippen LogP contribution >= 0.6 is 0 Å². The third kappa shape index (κ3) is 3.73. The van der Waals surface area contributed by atoms with Crippen molar-refractivity contribution in [3.8, 4) is 0 Å². The van der Waals surface area contributed by atoms with Gasteiger partial charge in [0.05, 0.1) is 19.6 Å². The summed E-state index contributed by atoms with van der Waals surface area (Å²) in [5.74, 6) is 2.01. The average molecular weight is 375 g/mol. The van der Waals surface area contributed by atoms with Crippen LogP contribution in [-0.4, -0.2) is 31.7 Å². The summed E-state index contributed by atoms with van der Waals surface area (Å²) < 4.78 is 5.99. The molecule has 152 valence electrons. The summed E-state index contributed by atoms with van der Waals surface area (Å²) in [6.45, 7) is 17.4. The lowest BCUT2D eigenvalue weighted by atomic mass is 9.55. The van der Waals surface area contributed by atoms with Gasteiger partial charge in [-0.15, -0.1) is 0 Å². The highest BCUT2D eigenvalue weighted by atomic mass is 16.6. The lowest BCUT2D eigenvalue weighted by Gasteiger charge is -2.50. The third-order valence-electron chi connectivity index (χ3n) is 8.45. The van der Waals surface area contributed by atoms with Gasteiger partial charge < -0.3 is 9.64 Å². The third-order valence-corrected chi connectivity index (χ3v) is 8.45. The maximum atomic E-state index is 12.9. The molecule has 2 aliphatic carbocycles. The molecule has 1 unspecified atom stereocenters. The van der Waals surface area contributed by atoms with Gasteiger partial charge in [-0.05, 0) is 62.2 Å². The minimum Gasteiger partial charge on any atom is -0.462 e. The van der Waals surface area contributed by atoms with Crippen LogP contribution in [0.5, 0.6) is 0 Å². The van der Waals surface area contributed by atoms with Crippen LogP contribution in [0.15, 0.2) is 12.2 Å². The van der Waals surface area contributed by atoms with Crippen LogP contribution in [0.25, 0.3) is 0 Å². The molecule has 2 saturated carbocycles. The van der Waals surface area contributed by atoms with Crippen LogP contribution in [0.1, 0.15) is 72.6 Å². The van der Waals surface area contributed by atoms with Gasteiger partial charge >= 0.3 is 5.97 Å². The van der Waals surface area contributed by atoms with Crippen LogP contribution in [-0.2, 0) is 9.53 Å². The van der Waals surface area contributed by atoms with Crippen molar-refractivity contribution >= 4 is 5.97 Å². The summed E-state index contributed by atoms with van der Waals surface area (Å²) in [4.78, 5) is 14.5. The summed E-state index contributed by atoms with van der Waals surface area (Å²) in [5, 5.41) is 0. The van der Waals surface area contributed by atoms with E-state index in [2.05, 4.69) is 34.3 Å². The average Bonchev–Trinajstić information content (AvgIpc) is 2.76. The Kier molecular flexibility index (Phi) is 4.98. The standard InChI is InChI=1S/C24H39NO2/c1-16-8-10-25(15-23(3,4)12-16)14-19-18-11-20-17(2)7-6-9-24(20,5)13-21(18)27-22(19)26/h16,18-21H,2,6-15H2,1,3-5H3/p+1/t16-,18-,19+,20-,21+,24+/m1/s1. The van der Waals surface area contributed by atoms with Crippen LogP contribution in [0.3, 0.4) is 0 Å². The Labute approximate surface area is 165 Å². The van der Waals surface area contributed by atoms with E-state index < -0.39 is 0 Å². The molecule has 27 heavy (non-hydrogen) atoms. The highest BCUT2D eigenvalue weighted by Gasteiger charge is 2.56. The molecule has 2 saturated heterocycles. The zero-order chi connectivity index (χ0) is 19.4. The summed E-state index contributed by atoms with van der Waals surface area (Å²) in [6.07, 6.45) is 8.64. The summed E-state index contributed by atoms with van der Waals surface area (Å²) in [7, 11) is 0. The zero-order valence-corrected chi connectivity index (χ0v) is 18.0. The number of nitrogens with one attached hydrogen (secondary N) is 1. The van der Waals surface area contributed by atoms with Crippen molar-refractivity contribution < 1.29 is 14.4 Å². The number of hydrogen-bond acceptors (Lipinski definition) is 2. The van der Waals surface area contributed by atoms with E-state index in [0.29, 0.717) is 22.7 Å². The first kappa shape index (κ1) is 19.5. The largest absolute Gasteiger partial charge is 0.462 e. The predicted molar refractivity (Wildman–Crippen MR) is 108 cm³/mol. The van der Waals surface area contributed by atoms with Crippen molar-refractivity contribution in [3.05, 3.63) is 12.2 Å². The van der Waals surface area contributed by atoms with Gasteiger partial charge in [-0.1, -0.05) is 39.8 Å². The molecule has 2 heterocycles. The molecule has 4 aliphatic rings. The minimum atomic E-state index is 0.0976. The van der Waals surface area contributed by atoms with E-state index in [0.717, 1.165) is 25.3 Å². The second-order valence-corrected chi connectivity index (χ2v) is 11.5. The summed E-state index contributed by atoms with van der Waals surface area (Å²) in [5.41, 5.74) is 2.12. The molecule has 0 aromatic rings. The fraction of sp³-hybridized carbons (Fsp3) is 0.875. The second kappa shape index (κ2) is 6.90. The van der Waals surface area contributed by atoms with E-state index in [4.69, 9.17) is 4.74 Å². The smallest absolute Gasteiger partial charge is 0.315 e. The number of rotatable bonds is 2. The van der Waals surface area contributed by atoms with Crippen molar-refractivity contribution in [1.82, 2.24) is 0 Å². The first-order valence-electron chi connectivity index (χ1n) is 11.4. The first-order valence-corrected chi connectivity index (χ1v) is 11.4. The van der Waals surface area contributed by atoms with E-state index in [-0.39, 0.29) is 18.0 Å². The van der Waals surface area contributed by atoms with Crippen LogP contribution in [0.2, 0.25) is 0 Å². The molecule has 3 heteroatoms. The predicted octanol–water partition coefficient (Wildman–Crippen LogP) is 3.64. The molecule has 4 rings (SSSR count). The molecular formula is C24H40NO2+. The number of hydrogen-bond donors (Lipinski definition) is 1. The molecule has 0 bridgehead atoms. The van der Waals surface area contributed by atoms with Gasteiger partial charge in [-0.2, -0.15) is 0 Å². The quantitative estimate of drug-likeness (QED) is 0.591. The molecule has 1 N–H and O–H groups in total. The molecule has 0 aromatic heterocycles. The molecule has 2 aliphatic heterocycles. The number of quaternary nitrogens is 1. The minimum absolute atomic E-state index is 0.0976. The van der Waals surface area contributed by atoms with Gasteiger partial charge in [0.1, 0.15) is 12.0 Å².